The maximum atomic E-state index is 11.5. The molecule has 13 heavy (non-hydrogen) atoms. The molecule has 0 aromatic heterocycles. The van der Waals surface area contributed by atoms with Gasteiger partial charge in [-0.15, -0.1) is 0 Å². The van der Waals surface area contributed by atoms with E-state index in [9.17, 15) is 9.59 Å². The molecule has 3 rings (SSSR count). The quantitative estimate of drug-likeness (QED) is 0.516. The summed E-state index contributed by atoms with van der Waals surface area (Å²) in [6.45, 7) is 0. The predicted molar refractivity (Wildman–Crippen MR) is 46.9 cm³/mol. The lowest BCUT2D eigenvalue weighted by atomic mass is 9.75. The van der Waals surface area contributed by atoms with Gasteiger partial charge in [-0.25, -0.2) is 0 Å². The molecule has 2 bridgehead atoms. The number of carbonyl (C=O) groups excluding carboxylic acids is 2. The molecular weight excluding hydrogens is 164 g/mol. The average molecular weight is 174 g/mol. The highest BCUT2D eigenvalue weighted by atomic mass is 16.1. The standard InChI is InChI=1S/C11H10O2/c12-8-3-4-9(13)11-7-2-1-6(5-7)10(8)11/h1-4,6-7,10-11H,5H2/t6?,7?,10-,11-/m1/s1. The van der Waals surface area contributed by atoms with Gasteiger partial charge in [-0.1, -0.05) is 12.2 Å². The molecule has 0 radical (unpaired) electrons. The lowest BCUT2D eigenvalue weighted by molar-refractivity contribution is -0.129. The highest BCUT2D eigenvalue weighted by molar-refractivity contribution is 6.08. The summed E-state index contributed by atoms with van der Waals surface area (Å²) < 4.78 is 0. The molecule has 3 aliphatic rings. The topological polar surface area (TPSA) is 34.1 Å². The molecule has 1 saturated carbocycles. The lowest BCUT2D eigenvalue weighted by Gasteiger charge is -2.26. The number of rotatable bonds is 0. The maximum Gasteiger partial charge on any atom is 0.160 e. The van der Waals surface area contributed by atoms with E-state index in [0.29, 0.717) is 11.8 Å². The van der Waals surface area contributed by atoms with Gasteiger partial charge in [-0.3, -0.25) is 9.59 Å². The zero-order chi connectivity index (χ0) is 9.00. The molecule has 0 N–H and O–H groups in total. The molecule has 4 atom stereocenters. The minimum Gasteiger partial charge on any atom is -0.294 e. The first-order valence-electron chi connectivity index (χ1n) is 4.71. The normalized spacial score (nSPS) is 45.8. The summed E-state index contributed by atoms with van der Waals surface area (Å²) in [4.78, 5) is 23.1. The van der Waals surface area contributed by atoms with Crippen molar-refractivity contribution in [2.45, 2.75) is 6.42 Å². The fraction of sp³-hybridized carbons (Fsp3) is 0.455. The molecule has 0 aromatic carbocycles. The van der Waals surface area contributed by atoms with E-state index >= 15 is 0 Å². The Kier molecular flexibility index (Phi) is 1.22. The third-order valence-corrected chi connectivity index (χ3v) is 3.53. The summed E-state index contributed by atoms with van der Waals surface area (Å²) in [6.07, 6.45) is 8.14. The van der Waals surface area contributed by atoms with Crippen LogP contribution in [0.15, 0.2) is 24.3 Å². The largest absolute Gasteiger partial charge is 0.294 e. The van der Waals surface area contributed by atoms with Crippen LogP contribution in [0.1, 0.15) is 6.42 Å². The number of carbonyl (C=O) groups is 2. The number of ketones is 2. The van der Waals surface area contributed by atoms with Crippen molar-refractivity contribution in [3.8, 4) is 0 Å². The molecule has 0 heterocycles. The Labute approximate surface area is 76.3 Å². The minimum atomic E-state index is -0.0208. The number of hydrogen-bond acceptors (Lipinski definition) is 2. The third kappa shape index (κ3) is 0.781. The summed E-state index contributed by atoms with van der Waals surface area (Å²) in [5.74, 6) is 0.954. The minimum absolute atomic E-state index is 0.0208. The van der Waals surface area contributed by atoms with Crippen molar-refractivity contribution in [2.75, 3.05) is 0 Å². The van der Waals surface area contributed by atoms with Crippen molar-refractivity contribution in [3.63, 3.8) is 0 Å². The Morgan fingerprint density at radius 3 is 1.85 bits per heavy atom. The number of fused-ring (bicyclic) bond motifs is 5. The fourth-order valence-electron chi connectivity index (χ4n) is 2.98. The fourth-order valence-corrected chi connectivity index (χ4v) is 2.98. The van der Waals surface area contributed by atoms with Crippen molar-refractivity contribution in [2.24, 2.45) is 23.7 Å². The van der Waals surface area contributed by atoms with Crippen molar-refractivity contribution >= 4 is 11.6 Å². The first kappa shape index (κ1) is 7.25. The van der Waals surface area contributed by atoms with Crippen molar-refractivity contribution in [1.82, 2.24) is 0 Å². The van der Waals surface area contributed by atoms with Gasteiger partial charge in [0.05, 0.1) is 0 Å². The zero-order valence-corrected chi connectivity index (χ0v) is 7.14. The second kappa shape index (κ2) is 2.19. The van der Waals surface area contributed by atoms with E-state index in [0.717, 1.165) is 6.42 Å². The van der Waals surface area contributed by atoms with E-state index < -0.39 is 0 Å². The maximum absolute atomic E-state index is 11.5. The van der Waals surface area contributed by atoms with E-state index in [-0.39, 0.29) is 23.4 Å². The van der Waals surface area contributed by atoms with Crippen LogP contribution in [0.2, 0.25) is 0 Å². The van der Waals surface area contributed by atoms with E-state index in [1.54, 1.807) is 0 Å². The van der Waals surface area contributed by atoms with Gasteiger partial charge < -0.3 is 0 Å². The number of allylic oxidation sites excluding steroid dienone is 4. The molecule has 2 nitrogen and oxygen atoms in total. The van der Waals surface area contributed by atoms with Crippen LogP contribution in [0.4, 0.5) is 0 Å². The first-order valence-corrected chi connectivity index (χ1v) is 4.71. The Bertz CT molecular complexity index is 319. The molecule has 0 amide bonds. The molecule has 0 spiro atoms. The highest BCUT2D eigenvalue weighted by Gasteiger charge is 2.51. The van der Waals surface area contributed by atoms with Gasteiger partial charge in [0.25, 0.3) is 0 Å². The second-order valence-electron chi connectivity index (χ2n) is 4.14. The highest BCUT2D eigenvalue weighted by Crippen LogP contribution is 2.50. The molecule has 66 valence electrons. The average Bonchev–Trinajstić information content (AvgIpc) is 2.70. The van der Waals surface area contributed by atoms with Gasteiger partial charge in [-0.05, 0) is 30.4 Å². The van der Waals surface area contributed by atoms with Crippen LogP contribution in [0.5, 0.6) is 0 Å². The van der Waals surface area contributed by atoms with Crippen LogP contribution in [0, 0.1) is 23.7 Å². The van der Waals surface area contributed by atoms with Crippen molar-refractivity contribution in [3.05, 3.63) is 24.3 Å². The Hall–Kier alpha value is -1.18. The molecule has 0 aliphatic heterocycles. The molecule has 2 heteroatoms. The summed E-state index contributed by atoms with van der Waals surface area (Å²) >= 11 is 0. The van der Waals surface area contributed by atoms with E-state index in [2.05, 4.69) is 12.2 Å². The van der Waals surface area contributed by atoms with Gasteiger partial charge >= 0.3 is 0 Å². The van der Waals surface area contributed by atoms with Gasteiger partial charge in [0.1, 0.15) is 0 Å². The van der Waals surface area contributed by atoms with E-state index in [1.165, 1.54) is 12.2 Å². The zero-order valence-electron chi connectivity index (χ0n) is 7.14. The third-order valence-electron chi connectivity index (χ3n) is 3.53. The smallest absolute Gasteiger partial charge is 0.160 e. The Morgan fingerprint density at radius 1 is 0.923 bits per heavy atom. The molecule has 0 aromatic rings. The monoisotopic (exact) mass is 174 g/mol. The second-order valence-corrected chi connectivity index (χ2v) is 4.14. The van der Waals surface area contributed by atoms with Crippen molar-refractivity contribution in [1.29, 1.82) is 0 Å². The number of hydrogen-bond donors (Lipinski definition) is 0. The van der Waals surface area contributed by atoms with Crippen LogP contribution < -0.4 is 0 Å². The summed E-state index contributed by atoms with van der Waals surface area (Å²) in [5, 5.41) is 0. The van der Waals surface area contributed by atoms with Crippen LogP contribution in [0.25, 0.3) is 0 Å². The summed E-state index contributed by atoms with van der Waals surface area (Å²) in [6, 6.07) is 0. The van der Waals surface area contributed by atoms with E-state index in [4.69, 9.17) is 0 Å². The molecule has 1 fully saturated rings. The van der Waals surface area contributed by atoms with Gasteiger partial charge in [0.2, 0.25) is 0 Å². The molecule has 3 aliphatic carbocycles. The van der Waals surface area contributed by atoms with Gasteiger partial charge in [-0.2, -0.15) is 0 Å². The van der Waals surface area contributed by atoms with Crippen molar-refractivity contribution < 1.29 is 9.59 Å². The predicted octanol–water partition coefficient (Wildman–Crippen LogP) is 1.13. The molecular formula is C11H10O2. The van der Waals surface area contributed by atoms with Gasteiger partial charge in [0, 0.05) is 11.8 Å². The lowest BCUT2D eigenvalue weighted by Crippen LogP contribution is -2.34. The SMILES string of the molecule is O=C1C=CC(=O)[C@H]2C3C=CC(C3)[C@H]12. The summed E-state index contributed by atoms with van der Waals surface area (Å²) in [7, 11) is 0. The molecule has 0 saturated heterocycles. The van der Waals surface area contributed by atoms with E-state index in [1.807, 2.05) is 0 Å². The van der Waals surface area contributed by atoms with Crippen LogP contribution in [-0.4, -0.2) is 11.6 Å². The molecule has 2 unspecified atom stereocenters. The van der Waals surface area contributed by atoms with Gasteiger partial charge in [0.15, 0.2) is 11.6 Å². The van der Waals surface area contributed by atoms with Crippen LogP contribution in [-0.2, 0) is 9.59 Å². The van der Waals surface area contributed by atoms with Crippen LogP contribution in [0.3, 0.4) is 0 Å². The van der Waals surface area contributed by atoms with Crippen LogP contribution >= 0.6 is 0 Å². The Morgan fingerprint density at radius 2 is 1.38 bits per heavy atom. The first-order chi connectivity index (χ1) is 6.27. The summed E-state index contributed by atoms with van der Waals surface area (Å²) in [5.41, 5.74) is 0. The Balaban J connectivity index is 2.09.